The number of aromatic hydroxyl groups is 7. The first-order chi connectivity index (χ1) is 24.8. The second-order valence-electron chi connectivity index (χ2n) is 12.2. The molecule has 0 bridgehead atoms. The third-order valence-corrected chi connectivity index (χ3v) is 8.47. The summed E-state index contributed by atoms with van der Waals surface area (Å²) in [7, 11) is 0. The number of carbonyl (C=O) groups excluding carboxylic acids is 1. The number of nitrogens with one attached hydrogen (secondary N) is 1. The molecule has 0 amide bonds. The highest BCUT2D eigenvalue weighted by Crippen LogP contribution is 2.39. The van der Waals surface area contributed by atoms with Gasteiger partial charge in [-0.1, -0.05) is 57.0 Å². The van der Waals surface area contributed by atoms with Crippen LogP contribution in [0.3, 0.4) is 0 Å². The molecule has 4 rings (SSSR count). The van der Waals surface area contributed by atoms with Gasteiger partial charge in [-0.2, -0.15) is 0 Å². The Kier molecular flexibility index (Phi) is 13.1. The smallest absolute Gasteiger partial charge is 0.345 e. The number of allylic oxidation sites excluding steroid dienone is 1. The quantitative estimate of drug-likeness (QED) is 0.0192. The number of carboxylic acid groups (broad SMARTS) is 1. The summed E-state index contributed by atoms with van der Waals surface area (Å²) < 4.78 is 5.58. The van der Waals surface area contributed by atoms with Gasteiger partial charge in [-0.05, 0) is 107 Å². The number of benzene rings is 4. The first kappa shape index (κ1) is 38.7. The summed E-state index contributed by atoms with van der Waals surface area (Å²) in [5.41, 5.74) is 2.79. The van der Waals surface area contributed by atoms with Crippen LogP contribution in [0, 0.1) is 0 Å². The van der Waals surface area contributed by atoms with E-state index in [1.807, 2.05) is 13.8 Å². The molecule has 0 fully saturated rings. The molecule has 9 N–H and O–H groups in total. The molecule has 0 radical (unpaired) electrons. The van der Waals surface area contributed by atoms with Gasteiger partial charge < -0.3 is 50.9 Å². The van der Waals surface area contributed by atoms with Gasteiger partial charge in [0.1, 0.15) is 5.75 Å². The molecule has 0 saturated carbocycles. The van der Waals surface area contributed by atoms with Crippen molar-refractivity contribution < 1.29 is 55.2 Å². The molecule has 0 aromatic heterocycles. The number of ether oxygens (including phenoxy) is 1. The van der Waals surface area contributed by atoms with Crippen LogP contribution >= 0.6 is 0 Å². The molecular formula is C40H43NO11. The Morgan fingerprint density at radius 3 is 2.06 bits per heavy atom. The predicted molar refractivity (Wildman–Crippen MR) is 196 cm³/mol. The maximum atomic E-state index is 13.6. The second-order valence-corrected chi connectivity index (χ2v) is 12.2. The molecule has 0 spiro atoms. The lowest BCUT2D eigenvalue weighted by atomic mass is 9.92. The molecule has 12 nitrogen and oxygen atoms in total. The zero-order valence-corrected chi connectivity index (χ0v) is 28.8. The largest absolute Gasteiger partial charge is 0.508 e. The molecule has 274 valence electrons. The molecule has 52 heavy (non-hydrogen) atoms. The first-order valence-corrected chi connectivity index (χ1v) is 16.8. The van der Waals surface area contributed by atoms with Gasteiger partial charge in [0.25, 0.3) is 0 Å². The van der Waals surface area contributed by atoms with Crippen LogP contribution in [0.25, 0.3) is 28.9 Å². The number of rotatable bonds is 16. The summed E-state index contributed by atoms with van der Waals surface area (Å²) in [6, 6.07) is 15.4. The van der Waals surface area contributed by atoms with Crippen molar-refractivity contribution in [1.82, 2.24) is 5.32 Å². The normalized spacial score (nSPS) is 12.8. The van der Waals surface area contributed by atoms with Crippen LogP contribution in [0.2, 0.25) is 0 Å². The lowest BCUT2D eigenvalue weighted by molar-refractivity contribution is -0.162. The lowest BCUT2D eigenvalue weighted by Crippen LogP contribution is -2.38. The molecular weight excluding hydrogens is 670 g/mol. The third-order valence-electron chi connectivity index (χ3n) is 8.47. The van der Waals surface area contributed by atoms with Crippen LogP contribution in [-0.2, 0) is 14.3 Å². The zero-order valence-electron chi connectivity index (χ0n) is 28.8. The number of carbonyl (C=O) groups is 2. The monoisotopic (exact) mass is 713 g/mol. The number of phenols is 7. The van der Waals surface area contributed by atoms with Gasteiger partial charge >= 0.3 is 11.9 Å². The summed E-state index contributed by atoms with van der Waals surface area (Å²) in [6.07, 6.45) is 5.18. The third kappa shape index (κ3) is 9.76. The minimum atomic E-state index is -1.70. The number of aliphatic carboxylic acids is 1. The van der Waals surface area contributed by atoms with Crippen LogP contribution in [0.15, 0.2) is 72.8 Å². The fourth-order valence-electron chi connectivity index (χ4n) is 5.77. The number of carboxylic acids is 1. The van der Waals surface area contributed by atoms with Crippen molar-refractivity contribution in [2.45, 2.75) is 51.6 Å². The van der Waals surface area contributed by atoms with Gasteiger partial charge in [0.05, 0.1) is 0 Å². The number of hydrogen-bond donors (Lipinski definition) is 9. The molecule has 12 heteroatoms. The van der Waals surface area contributed by atoms with Gasteiger partial charge in [-0.25, -0.2) is 9.59 Å². The van der Waals surface area contributed by atoms with E-state index in [2.05, 4.69) is 5.32 Å². The average Bonchev–Trinajstić information content (AvgIpc) is 3.10. The summed E-state index contributed by atoms with van der Waals surface area (Å²) in [6.45, 7) is 4.35. The average molecular weight is 714 g/mol. The summed E-state index contributed by atoms with van der Waals surface area (Å²) in [4.78, 5) is 26.1. The van der Waals surface area contributed by atoms with E-state index in [0.29, 0.717) is 58.3 Å². The van der Waals surface area contributed by atoms with Crippen molar-refractivity contribution in [1.29, 1.82) is 0 Å². The van der Waals surface area contributed by atoms with Gasteiger partial charge in [0, 0.05) is 18.5 Å². The second kappa shape index (κ2) is 17.7. The molecule has 0 aliphatic carbocycles. The van der Waals surface area contributed by atoms with E-state index in [9.17, 15) is 50.4 Å². The number of hydrogen-bond acceptors (Lipinski definition) is 11. The Morgan fingerprint density at radius 1 is 0.750 bits per heavy atom. The van der Waals surface area contributed by atoms with E-state index in [1.54, 1.807) is 24.3 Å². The van der Waals surface area contributed by atoms with Crippen molar-refractivity contribution >= 4 is 29.7 Å². The highest BCUT2D eigenvalue weighted by Gasteiger charge is 2.33. The van der Waals surface area contributed by atoms with Gasteiger partial charge in [0.2, 0.25) is 6.10 Å². The van der Waals surface area contributed by atoms with E-state index in [0.717, 1.165) is 18.9 Å². The molecule has 0 unspecified atom stereocenters. The van der Waals surface area contributed by atoms with Crippen LogP contribution in [-0.4, -0.2) is 72.0 Å². The zero-order chi connectivity index (χ0) is 37.9. The summed E-state index contributed by atoms with van der Waals surface area (Å²) in [5.74, 6) is -5.94. The molecule has 0 saturated heterocycles. The summed E-state index contributed by atoms with van der Waals surface area (Å²) in [5, 5.41) is 84.9. The van der Waals surface area contributed by atoms with Crippen LogP contribution in [0.4, 0.5) is 0 Å². The van der Waals surface area contributed by atoms with Crippen LogP contribution in [0.1, 0.15) is 67.7 Å². The Bertz CT molecular complexity index is 1970. The standard InChI is InChI=1S/C40H43NO11/c1-3-5-6-8-24(19-38(49)52-39(40(50)51)31(22-41-4-2)27-13-14-32(43)33(44)18-27)30-21-37(48)35(46)17-26(30)12-11-25-16-34(45)36(47)20-29(25)23-9-7-10-28(42)15-23/h7,9-21,31,39,41-48H,3-6,8,22H2,1-2H3,(H,50,51)/b12-11+,24-19+/t31-,39-/m1/s1. The predicted octanol–water partition coefficient (Wildman–Crippen LogP) is 6.82. The lowest BCUT2D eigenvalue weighted by Gasteiger charge is -2.25. The molecule has 0 aliphatic rings. The Balaban J connectivity index is 1.78. The van der Waals surface area contributed by atoms with Gasteiger partial charge in [-0.15, -0.1) is 0 Å². The highest BCUT2D eigenvalue weighted by molar-refractivity contribution is 5.95. The SMILES string of the molecule is CCCCC/C(=C\C(=O)O[C@@H](C(=O)O)[C@H](CNCC)c1ccc(O)c(O)c1)c1cc(O)c(O)cc1/C=C/c1cc(O)c(O)cc1-c1cccc(O)c1. The van der Waals surface area contributed by atoms with Crippen LogP contribution < -0.4 is 5.32 Å². The first-order valence-electron chi connectivity index (χ1n) is 16.8. The van der Waals surface area contributed by atoms with Gasteiger partial charge in [0.15, 0.2) is 34.5 Å². The minimum absolute atomic E-state index is 0.0150. The van der Waals surface area contributed by atoms with Crippen molar-refractivity contribution in [3.05, 3.63) is 95.1 Å². The molecule has 4 aromatic rings. The number of likely N-dealkylation sites (N-methyl/N-ethyl adjacent to an activating group) is 1. The highest BCUT2D eigenvalue weighted by atomic mass is 16.6. The fraction of sp³-hybridized carbons (Fsp3) is 0.250. The van der Waals surface area contributed by atoms with E-state index in [1.165, 1.54) is 54.6 Å². The van der Waals surface area contributed by atoms with E-state index < -0.39 is 52.7 Å². The molecule has 0 aliphatic heterocycles. The van der Waals surface area contributed by atoms with Gasteiger partial charge in [-0.3, -0.25) is 0 Å². The maximum absolute atomic E-state index is 13.6. The number of phenolic OH excluding ortho intramolecular Hbond substituents is 7. The Labute approximate surface area is 300 Å². The van der Waals surface area contributed by atoms with Crippen molar-refractivity contribution in [3.8, 4) is 51.4 Å². The van der Waals surface area contributed by atoms with Crippen molar-refractivity contribution in [2.24, 2.45) is 0 Å². The molecule has 4 aromatic carbocycles. The fourth-order valence-corrected chi connectivity index (χ4v) is 5.77. The molecule has 2 atom stereocenters. The summed E-state index contributed by atoms with van der Waals surface area (Å²) >= 11 is 0. The Morgan fingerprint density at radius 2 is 1.40 bits per heavy atom. The maximum Gasteiger partial charge on any atom is 0.345 e. The topological polar surface area (TPSA) is 217 Å². The molecule has 0 heterocycles. The van der Waals surface area contributed by atoms with E-state index >= 15 is 0 Å². The van der Waals surface area contributed by atoms with Crippen LogP contribution in [0.5, 0.6) is 40.2 Å². The Hall–Kier alpha value is -6.14. The number of esters is 1. The number of unbranched alkanes of at least 4 members (excludes halogenated alkanes) is 2. The van der Waals surface area contributed by atoms with Crippen molar-refractivity contribution in [3.63, 3.8) is 0 Å². The van der Waals surface area contributed by atoms with E-state index in [4.69, 9.17) is 4.74 Å². The van der Waals surface area contributed by atoms with E-state index in [-0.39, 0.29) is 18.0 Å². The minimum Gasteiger partial charge on any atom is -0.508 e. The van der Waals surface area contributed by atoms with Crippen molar-refractivity contribution in [2.75, 3.05) is 13.1 Å².